The molecule has 1 heterocycles. The van der Waals surface area contributed by atoms with E-state index in [0.29, 0.717) is 25.0 Å². The Morgan fingerprint density at radius 1 is 1.19 bits per heavy atom. The number of sulfonamides is 1. The van der Waals surface area contributed by atoms with E-state index in [-0.39, 0.29) is 5.75 Å². The minimum Gasteiger partial charge on any atom is -0.314 e. The fourth-order valence-electron chi connectivity index (χ4n) is 2.72. The van der Waals surface area contributed by atoms with Crippen molar-refractivity contribution in [2.75, 3.05) is 31.9 Å². The van der Waals surface area contributed by atoms with Gasteiger partial charge in [-0.2, -0.15) is 0 Å². The van der Waals surface area contributed by atoms with Crippen molar-refractivity contribution >= 4 is 10.0 Å². The maximum absolute atomic E-state index is 11.8. The summed E-state index contributed by atoms with van der Waals surface area (Å²) in [6.07, 6.45) is 5.44. The van der Waals surface area contributed by atoms with E-state index in [0.717, 1.165) is 26.1 Å². The van der Waals surface area contributed by atoms with Gasteiger partial charge < -0.3 is 10.2 Å². The summed E-state index contributed by atoms with van der Waals surface area (Å²) >= 11 is 0. The highest BCUT2D eigenvalue weighted by Crippen LogP contribution is 2.16. The second-order valence-electron chi connectivity index (χ2n) is 6.41. The second kappa shape index (κ2) is 9.77. The average Bonchev–Trinajstić information content (AvgIpc) is 2.41. The van der Waals surface area contributed by atoms with Crippen LogP contribution < -0.4 is 10.0 Å². The summed E-state index contributed by atoms with van der Waals surface area (Å²) in [5.41, 5.74) is 0. The maximum atomic E-state index is 11.8. The van der Waals surface area contributed by atoms with E-state index < -0.39 is 10.0 Å². The van der Waals surface area contributed by atoms with E-state index in [1.54, 1.807) is 0 Å². The zero-order chi connectivity index (χ0) is 15.7. The number of hydrogen-bond acceptors (Lipinski definition) is 4. The average molecular weight is 320 g/mol. The molecule has 1 fully saturated rings. The first kappa shape index (κ1) is 18.9. The molecular formula is C15H33N3O2S. The summed E-state index contributed by atoms with van der Waals surface area (Å²) < 4.78 is 26.4. The van der Waals surface area contributed by atoms with E-state index in [1.807, 2.05) is 0 Å². The first-order valence-corrected chi connectivity index (χ1v) is 10.0. The molecule has 1 unspecified atom stereocenters. The Bertz CT molecular complexity index is 371. The molecule has 0 aliphatic carbocycles. The molecule has 0 saturated carbocycles. The molecular weight excluding hydrogens is 286 g/mol. The van der Waals surface area contributed by atoms with Crippen molar-refractivity contribution < 1.29 is 8.42 Å². The Balaban J connectivity index is 2.10. The number of likely N-dealkylation sites (tertiary alicyclic amines) is 1. The molecule has 0 aromatic heterocycles. The smallest absolute Gasteiger partial charge is 0.211 e. The first-order chi connectivity index (χ1) is 9.91. The van der Waals surface area contributed by atoms with Crippen LogP contribution in [0, 0.1) is 0 Å². The first-order valence-electron chi connectivity index (χ1n) is 8.35. The fraction of sp³-hybridized carbons (Fsp3) is 1.00. The monoisotopic (exact) mass is 319 g/mol. The molecule has 0 spiro atoms. The Labute approximate surface area is 130 Å². The van der Waals surface area contributed by atoms with Crippen molar-refractivity contribution in [3.8, 4) is 0 Å². The van der Waals surface area contributed by atoms with E-state index in [4.69, 9.17) is 0 Å². The Hall–Kier alpha value is -0.170. The van der Waals surface area contributed by atoms with Crippen molar-refractivity contribution in [2.45, 2.75) is 65.0 Å². The molecule has 1 aliphatic heterocycles. The molecule has 0 radical (unpaired) electrons. The predicted octanol–water partition coefficient (Wildman–Crippen LogP) is 1.56. The molecule has 0 bridgehead atoms. The van der Waals surface area contributed by atoms with E-state index >= 15 is 0 Å². The van der Waals surface area contributed by atoms with Crippen molar-refractivity contribution in [1.82, 2.24) is 14.9 Å². The lowest BCUT2D eigenvalue weighted by Crippen LogP contribution is -2.39. The number of rotatable bonds is 10. The van der Waals surface area contributed by atoms with Crippen LogP contribution in [0.4, 0.5) is 0 Å². The van der Waals surface area contributed by atoms with Gasteiger partial charge in [-0.3, -0.25) is 0 Å². The molecule has 0 amide bonds. The zero-order valence-electron chi connectivity index (χ0n) is 13.9. The molecule has 126 valence electrons. The van der Waals surface area contributed by atoms with Crippen LogP contribution >= 0.6 is 0 Å². The molecule has 0 aromatic carbocycles. The largest absolute Gasteiger partial charge is 0.314 e. The highest BCUT2D eigenvalue weighted by molar-refractivity contribution is 7.89. The van der Waals surface area contributed by atoms with Gasteiger partial charge in [-0.1, -0.05) is 20.3 Å². The summed E-state index contributed by atoms with van der Waals surface area (Å²) in [5, 5.41) is 3.23. The van der Waals surface area contributed by atoms with Crippen LogP contribution in [0.3, 0.4) is 0 Å². The molecule has 1 saturated heterocycles. The normalized spacial score (nSPS) is 21.0. The zero-order valence-corrected chi connectivity index (χ0v) is 14.7. The van der Waals surface area contributed by atoms with Gasteiger partial charge in [0.15, 0.2) is 0 Å². The van der Waals surface area contributed by atoms with Crippen LogP contribution in [-0.2, 0) is 10.0 Å². The van der Waals surface area contributed by atoms with Gasteiger partial charge in [0.1, 0.15) is 0 Å². The number of piperidine rings is 1. The van der Waals surface area contributed by atoms with Gasteiger partial charge in [-0.25, -0.2) is 13.1 Å². The van der Waals surface area contributed by atoms with Gasteiger partial charge in [0.05, 0.1) is 5.75 Å². The summed E-state index contributed by atoms with van der Waals surface area (Å²) in [5.74, 6) is 0.215. The molecule has 2 N–H and O–H groups in total. The van der Waals surface area contributed by atoms with E-state index in [1.165, 1.54) is 19.3 Å². The fourth-order valence-corrected chi connectivity index (χ4v) is 3.85. The number of nitrogens with one attached hydrogen (secondary N) is 2. The van der Waals surface area contributed by atoms with Gasteiger partial charge in [-0.05, 0) is 52.2 Å². The molecule has 0 aromatic rings. The highest BCUT2D eigenvalue weighted by atomic mass is 32.2. The van der Waals surface area contributed by atoms with Crippen molar-refractivity contribution in [2.24, 2.45) is 0 Å². The van der Waals surface area contributed by atoms with Gasteiger partial charge in [0.25, 0.3) is 0 Å². The number of hydrogen-bond donors (Lipinski definition) is 2. The molecule has 1 rings (SSSR count). The van der Waals surface area contributed by atoms with E-state index in [2.05, 4.69) is 35.7 Å². The van der Waals surface area contributed by atoms with Gasteiger partial charge in [0, 0.05) is 18.6 Å². The summed E-state index contributed by atoms with van der Waals surface area (Å²) in [7, 11) is -3.10. The van der Waals surface area contributed by atoms with Crippen LogP contribution in [0.15, 0.2) is 0 Å². The molecule has 6 heteroatoms. The number of nitrogens with zero attached hydrogens (tertiary/aromatic N) is 1. The third-order valence-electron chi connectivity index (χ3n) is 4.03. The van der Waals surface area contributed by atoms with Crippen molar-refractivity contribution in [3.63, 3.8) is 0 Å². The van der Waals surface area contributed by atoms with Crippen LogP contribution in [0.5, 0.6) is 0 Å². The SMILES string of the molecule is CC(C)NCCCS(=O)(=O)NCCCN1CCCCC1C. The van der Waals surface area contributed by atoms with Gasteiger partial charge in [-0.15, -0.1) is 0 Å². The molecule has 5 nitrogen and oxygen atoms in total. The van der Waals surface area contributed by atoms with Crippen LogP contribution in [0.1, 0.15) is 52.9 Å². The lowest BCUT2D eigenvalue weighted by atomic mass is 10.0. The minimum atomic E-state index is -3.10. The van der Waals surface area contributed by atoms with Crippen molar-refractivity contribution in [1.29, 1.82) is 0 Å². The second-order valence-corrected chi connectivity index (χ2v) is 8.34. The molecule has 21 heavy (non-hydrogen) atoms. The predicted molar refractivity (Wildman–Crippen MR) is 89.0 cm³/mol. The van der Waals surface area contributed by atoms with Gasteiger partial charge >= 0.3 is 0 Å². The summed E-state index contributed by atoms with van der Waals surface area (Å²) in [6.45, 7) is 9.87. The lowest BCUT2D eigenvalue weighted by Gasteiger charge is -2.33. The molecule has 1 atom stereocenters. The molecule has 1 aliphatic rings. The maximum Gasteiger partial charge on any atom is 0.211 e. The summed E-state index contributed by atoms with van der Waals surface area (Å²) in [4.78, 5) is 2.48. The topological polar surface area (TPSA) is 61.4 Å². The van der Waals surface area contributed by atoms with Gasteiger partial charge in [0.2, 0.25) is 10.0 Å². The van der Waals surface area contributed by atoms with Crippen LogP contribution in [0.25, 0.3) is 0 Å². The van der Waals surface area contributed by atoms with E-state index in [9.17, 15) is 8.42 Å². The quantitative estimate of drug-likeness (QED) is 0.600. The minimum absolute atomic E-state index is 0.215. The van der Waals surface area contributed by atoms with Crippen molar-refractivity contribution in [3.05, 3.63) is 0 Å². The lowest BCUT2D eigenvalue weighted by molar-refractivity contribution is 0.159. The summed E-state index contributed by atoms with van der Waals surface area (Å²) in [6, 6.07) is 1.06. The Morgan fingerprint density at radius 2 is 1.95 bits per heavy atom. The Kier molecular flexibility index (Phi) is 8.78. The Morgan fingerprint density at radius 3 is 2.62 bits per heavy atom. The standard InChI is InChI=1S/C15H33N3O2S/c1-14(2)16-9-7-13-21(19,20)17-10-6-12-18-11-5-4-8-15(18)3/h14-17H,4-13H2,1-3H3. The van der Waals surface area contributed by atoms with Crippen LogP contribution in [0.2, 0.25) is 0 Å². The third kappa shape index (κ3) is 8.76. The third-order valence-corrected chi connectivity index (χ3v) is 5.50. The highest BCUT2D eigenvalue weighted by Gasteiger charge is 2.17. The van der Waals surface area contributed by atoms with Crippen LogP contribution in [-0.4, -0.2) is 57.3 Å².